The van der Waals surface area contributed by atoms with Gasteiger partial charge in [-0.25, -0.2) is 14.8 Å². The highest BCUT2D eigenvalue weighted by Crippen LogP contribution is 2.32. The van der Waals surface area contributed by atoms with Crippen molar-refractivity contribution in [2.24, 2.45) is 0 Å². The summed E-state index contributed by atoms with van der Waals surface area (Å²) in [6, 6.07) is 8.00. The maximum Gasteiger partial charge on any atom is 0.416 e. The molecule has 1 N–H and O–H groups in total. The molecule has 10 heteroatoms. The van der Waals surface area contributed by atoms with Gasteiger partial charge in [0, 0.05) is 23.5 Å². The number of rotatable bonds is 4. The van der Waals surface area contributed by atoms with Gasteiger partial charge in [-0.05, 0) is 37.3 Å². The fraction of sp³-hybridized carbons (Fsp3) is 0.136. The molecule has 0 saturated carbocycles. The predicted octanol–water partition coefficient (Wildman–Crippen LogP) is 4.18. The molecule has 1 atom stereocenters. The quantitative estimate of drug-likeness (QED) is 0.511. The number of hydrogen-bond acceptors (Lipinski definition) is 5. The normalized spacial score (nSPS) is 12.6. The van der Waals surface area contributed by atoms with Crippen LogP contribution in [0.15, 0.2) is 66.0 Å². The van der Waals surface area contributed by atoms with Gasteiger partial charge >= 0.3 is 12.1 Å². The predicted molar refractivity (Wildman–Crippen MR) is 110 cm³/mol. The zero-order valence-electron chi connectivity index (χ0n) is 16.5. The Kier molecular flexibility index (Phi) is 5.21. The summed E-state index contributed by atoms with van der Waals surface area (Å²) in [6.07, 6.45) is -0.268. The number of aliphatic carboxylic acids is 1. The van der Waals surface area contributed by atoms with E-state index in [4.69, 9.17) is 0 Å². The van der Waals surface area contributed by atoms with Gasteiger partial charge in [0.05, 0.1) is 28.7 Å². The Morgan fingerprint density at radius 3 is 2.44 bits per heavy atom. The number of aromatic nitrogens is 4. The highest BCUT2D eigenvalue weighted by molar-refractivity contribution is 5.93. The second-order valence-corrected chi connectivity index (χ2v) is 7.04. The summed E-state index contributed by atoms with van der Waals surface area (Å²) in [4.78, 5) is 37.3. The van der Waals surface area contributed by atoms with Crippen LogP contribution in [0, 0.1) is 0 Å². The van der Waals surface area contributed by atoms with E-state index in [9.17, 15) is 27.9 Å². The van der Waals surface area contributed by atoms with E-state index in [0.29, 0.717) is 16.8 Å². The van der Waals surface area contributed by atoms with Gasteiger partial charge in [0.25, 0.3) is 5.56 Å². The molecule has 32 heavy (non-hydrogen) atoms. The van der Waals surface area contributed by atoms with Crippen molar-refractivity contribution in [1.29, 1.82) is 0 Å². The summed E-state index contributed by atoms with van der Waals surface area (Å²) < 4.78 is 39.8. The molecule has 0 bridgehead atoms. The second-order valence-electron chi connectivity index (χ2n) is 7.04. The fourth-order valence-electron chi connectivity index (χ4n) is 3.22. The Morgan fingerprint density at radius 2 is 1.84 bits per heavy atom. The van der Waals surface area contributed by atoms with Gasteiger partial charge in [0.15, 0.2) is 0 Å². The number of carbonyl (C=O) groups is 1. The molecule has 0 fully saturated rings. The van der Waals surface area contributed by atoms with Crippen molar-refractivity contribution < 1.29 is 23.1 Å². The molecule has 0 spiro atoms. The van der Waals surface area contributed by atoms with Crippen LogP contribution in [0.5, 0.6) is 0 Å². The van der Waals surface area contributed by atoms with E-state index < -0.39 is 29.3 Å². The maximum absolute atomic E-state index is 13.1. The van der Waals surface area contributed by atoms with Crippen molar-refractivity contribution in [3.8, 4) is 22.5 Å². The van der Waals surface area contributed by atoms with Crippen LogP contribution < -0.4 is 5.56 Å². The first kappa shape index (κ1) is 21.2. The van der Waals surface area contributed by atoms with E-state index in [1.165, 1.54) is 31.3 Å². The van der Waals surface area contributed by atoms with Crippen LogP contribution in [0.2, 0.25) is 0 Å². The molecule has 0 radical (unpaired) electrons. The number of pyridine rings is 2. The fourth-order valence-corrected chi connectivity index (χ4v) is 3.22. The second kappa shape index (κ2) is 7.88. The SMILES string of the molecule is CC(C(=O)O)n1cnc2c(-c3cccnc3)nc(-c3ccc(C(F)(F)F)cc3)cc2c1=O. The average molecular weight is 440 g/mol. The monoisotopic (exact) mass is 440 g/mol. The molecular formula is C22H15F3N4O3. The Balaban J connectivity index is 1.98. The zero-order valence-corrected chi connectivity index (χ0v) is 16.5. The zero-order chi connectivity index (χ0) is 23.0. The summed E-state index contributed by atoms with van der Waals surface area (Å²) in [5.74, 6) is -1.21. The third-order valence-electron chi connectivity index (χ3n) is 4.99. The van der Waals surface area contributed by atoms with Crippen LogP contribution in [0.4, 0.5) is 13.2 Å². The Labute approximate surface area is 178 Å². The largest absolute Gasteiger partial charge is 0.480 e. The van der Waals surface area contributed by atoms with Crippen LogP contribution in [-0.2, 0) is 11.0 Å². The van der Waals surface area contributed by atoms with Crippen LogP contribution in [0.25, 0.3) is 33.4 Å². The molecule has 0 amide bonds. The van der Waals surface area contributed by atoms with Gasteiger partial charge in [-0.15, -0.1) is 0 Å². The lowest BCUT2D eigenvalue weighted by Gasteiger charge is -2.14. The van der Waals surface area contributed by atoms with Crippen molar-refractivity contribution in [1.82, 2.24) is 19.5 Å². The van der Waals surface area contributed by atoms with Gasteiger partial charge < -0.3 is 5.11 Å². The number of benzene rings is 1. The summed E-state index contributed by atoms with van der Waals surface area (Å²) in [6.45, 7) is 1.34. The minimum absolute atomic E-state index is 0.0874. The number of hydrogen-bond donors (Lipinski definition) is 1. The van der Waals surface area contributed by atoms with Crippen molar-refractivity contribution in [3.05, 3.63) is 77.1 Å². The first-order valence-electron chi connectivity index (χ1n) is 9.39. The number of nitrogens with zero attached hydrogens (tertiary/aromatic N) is 4. The topological polar surface area (TPSA) is 98.0 Å². The van der Waals surface area contributed by atoms with Gasteiger partial charge in [-0.1, -0.05) is 12.1 Å². The highest BCUT2D eigenvalue weighted by Gasteiger charge is 2.30. The first-order valence-corrected chi connectivity index (χ1v) is 9.39. The first-order chi connectivity index (χ1) is 15.2. The van der Waals surface area contributed by atoms with Crippen LogP contribution >= 0.6 is 0 Å². The number of carboxylic acids is 1. The Morgan fingerprint density at radius 1 is 1.12 bits per heavy atom. The van der Waals surface area contributed by atoms with E-state index in [2.05, 4.69) is 15.0 Å². The standard InChI is InChI=1S/C22H15F3N4O3/c1-12(21(31)32)29-11-27-19-16(20(29)30)9-17(28-18(19)14-3-2-8-26-10-14)13-4-6-15(7-5-13)22(23,24)25/h2-12H,1H3,(H,31,32). The van der Waals surface area contributed by atoms with E-state index in [-0.39, 0.29) is 16.6 Å². The smallest absolute Gasteiger partial charge is 0.416 e. The summed E-state index contributed by atoms with van der Waals surface area (Å²) in [7, 11) is 0. The number of alkyl halides is 3. The van der Waals surface area contributed by atoms with E-state index in [1.54, 1.807) is 18.3 Å². The van der Waals surface area contributed by atoms with Crippen molar-refractivity contribution in [2.45, 2.75) is 19.1 Å². The number of carboxylic acid groups (broad SMARTS) is 1. The van der Waals surface area contributed by atoms with Gasteiger partial charge in [-0.3, -0.25) is 14.3 Å². The Bertz CT molecular complexity index is 1370. The number of halogens is 3. The van der Waals surface area contributed by atoms with E-state index in [1.807, 2.05) is 0 Å². The lowest BCUT2D eigenvalue weighted by molar-refractivity contribution is -0.140. The highest BCUT2D eigenvalue weighted by atomic mass is 19.4. The minimum Gasteiger partial charge on any atom is -0.480 e. The maximum atomic E-state index is 13.1. The average Bonchev–Trinajstić information content (AvgIpc) is 2.78. The third kappa shape index (κ3) is 3.82. The Hall–Kier alpha value is -4.08. The molecule has 1 aromatic carbocycles. The summed E-state index contributed by atoms with van der Waals surface area (Å²) in [5, 5.41) is 9.38. The van der Waals surface area contributed by atoms with Gasteiger partial charge in [0.2, 0.25) is 0 Å². The van der Waals surface area contributed by atoms with Crippen molar-refractivity contribution in [2.75, 3.05) is 0 Å². The lowest BCUT2D eigenvalue weighted by atomic mass is 10.0. The van der Waals surface area contributed by atoms with E-state index >= 15 is 0 Å². The van der Waals surface area contributed by atoms with Gasteiger partial charge in [-0.2, -0.15) is 13.2 Å². The molecule has 3 aromatic heterocycles. The molecule has 0 aliphatic carbocycles. The van der Waals surface area contributed by atoms with Crippen LogP contribution in [0.1, 0.15) is 18.5 Å². The molecule has 0 aliphatic rings. The van der Waals surface area contributed by atoms with Crippen LogP contribution in [0.3, 0.4) is 0 Å². The van der Waals surface area contributed by atoms with Crippen molar-refractivity contribution >= 4 is 16.9 Å². The number of fused-ring (bicyclic) bond motifs is 1. The summed E-state index contributed by atoms with van der Waals surface area (Å²) >= 11 is 0. The molecule has 4 rings (SSSR count). The van der Waals surface area contributed by atoms with Crippen LogP contribution in [-0.4, -0.2) is 30.6 Å². The van der Waals surface area contributed by atoms with E-state index in [0.717, 1.165) is 23.0 Å². The summed E-state index contributed by atoms with van der Waals surface area (Å²) in [5.41, 5.74) is 0.252. The van der Waals surface area contributed by atoms with Gasteiger partial charge in [0.1, 0.15) is 11.6 Å². The molecular weight excluding hydrogens is 425 g/mol. The molecule has 0 saturated heterocycles. The molecule has 7 nitrogen and oxygen atoms in total. The molecule has 162 valence electrons. The third-order valence-corrected chi connectivity index (χ3v) is 4.99. The lowest BCUT2D eigenvalue weighted by Crippen LogP contribution is -2.28. The van der Waals surface area contributed by atoms with Crippen molar-refractivity contribution in [3.63, 3.8) is 0 Å². The molecule has 0 aliphatic heterocycles. The minimum atomic E-state index is -4.49. The molecule has 4 aromatic rings. The molecule has 1 unspecified atom stereocenters. The molecule has 3 heterocycles.